The van der Waals surface area contributed by atoms with Crippen LogP contribution in [0.4, 0.5) is 11.4 Å². The average Bonchev–Trinajstić information content (AvgIpc) is 3.29. The minimum Gasteiger partial charge on any atom is -0.487 e. The third-order valence-electron chi connectivity index (χ3n) is 6.56. The quantitative estimate of drug-likeness (QED) is 0.449. The van der Waals surface area contributed by atoms with Gasteiger partial charge in [0.15, 0.2) is 0 Å². The van der Waals surface area contributed by atoms with E-state index in [0.717, 1.165) is 54.3 Å². The molecule has 1 fully saturated rings. The number of hydrogen-bond donors (Lipinski definition) is 1. The molecule has 35 heavy (non-hydrogen) atoms. The van der Waals surface area contributed by atoms with Gasteiger partial charge >= 0.3 is 0 Å². The van der Waals surface area contributed by atoms with E-state index < -0.39 is 0 Å². The number of carbonyl (C=O) groups is 1. The highest BCUT2D eigenvalue weighted by Crippen LogP contribution is 2.24. The van der Waals surface area contributed by atoms with Gasteiger partial charge in [-0.25, -0.2) is 4.98 Å². The lowest BCUT2D eigenvalue weighted by molar-refractivity contribution is 0.102. The molecular formula is C28H31N5O2. The number of aryl methyl sites for hydroxylation is 2. The van der Waals surface area contributed by atoms with Gasteiger partial charge in [0.05, 0.1) is 5.69 Å². The zero-order chi connectivity index (χ0) is 24.4. The number of ether oxygens (including phenoxy) is 1. The molecule has 3 heterocycles. The first-order chi connectivity index (χ1) is 17.0. The lowest BCUT2D eigenvalue weighted by atomic mass is 10.1. The molecule has 180 valence electrons. The highest BCUT2D eigenvalue weighted by atomic mass is 16.5. The number of imidazole rings is 1. The molecule has 2 aromatic heterocycles. The van der Waals surface area contributed by atoms with Crippen molar-refractivity contribution in [1.82, 2.24) is 14.3 Å². The van der Waals surface area contributed by atoms with E-state index in [1.807, 2.05) is 61.0 Å². The molecule has 7 nitrogen and oxygen atoms in total. The number of benzene rings is 2. The number of carbonyl (C=O) groups excluding carboxylic acids is 1. The van der Waals surface area contributed by atoms with E-state index in [-0.39, 0.29) is 5.91 Å². The summed E-state index contributed by atoms with van der Waals surface area (Å²) in [7, 11) is 2.15. The number of piperazine rings is 1. The highest BCUT2D eigenvalue weighted by molar-refractivity contribution is 6.04. The second-order valence-corrected chi connectivity index (χ2v) is 9.21. The molecule has 0 aliphatic carbocycles. The van der Waals surface area contributed by atoms with Crippen LogP contribution in [0.1, 0.15) is 27.2 Å². The summed E-state index contributed by atoms with van der Waals surface area (Å²) in [6.07, 6.45) is 3.95. The van der Waals surface area contributed by atoms with Gasteiger partial charge in [-0.05, 0) is 80.6 Å². The Labute approximate surface area is 206 Å². The van der Waals surface area contributed by atoms with Crippen LogP contribution in [0.2, 0.25) is 0 Å². The van der Waals surface area contributed by atoms with E-state index in [4.69, 9.17) is 4.74 Å². The van der Waals surface area contributed by atoms with E-state index in [2.05, 4.69) is 39.3 Å². The number of hydrogen-bond acceptors (Lipinski definition) is 5. The largest absolute Gasteiger partial charge is 0.487 e. The standard InChI is InChI=1S/C28H31N5O2/c1-20-5-4-12-33-18-23(29-27(20)33)19-35-25-9-6-22(7-10-25)28(34)30-26-11-8-24(17-21(26)2)32-15-13-31(3)14-16-32/h4-12,17-18H,13-16,19H2,1-3H3,(H,30,34). The SMILES string of the molecule is Cc1cc(N2CCN(C)CC2)ccc1NC(=O)c1ccc(OCc2cn3cccc(C)c3n2)cc1. The number of likely N-dealkylation sites (N-methyl/N-ethyl adjacent to an activating group) is 1. The summed E-state index contributed by atoms with van der Waals surface area (Å²) in [5, 5.41) is 3.04. The van der Waals surface area contributed by atoms with E-state index in [1.54, 1.807) is 12.1 Å². The monoisotopic (exact) mass is 469 g/mol. The zero-order valence-corrected chi connectivity index (χ0v) is 20.5. The number of aromatic nitrogens is 2. The Bertz CT molecular complexity index is 1340. The Hall–Kier alpha value is -3.84. The van der Waals surface area contributed by atoms with Gasteiger partial charge in [-0.1, -0.05) is 6.07 Å². The fraction of sp³-hybridized carbons (Fsp3) is 0.286. The van der Waals surface area contributed by atoms with E-state index in [0.29, 0.717) is 17.9 Å². The smallest absolute Gasteiger partial charge is 0.255 e. The Morgan fingerprint density at radius 2 is 1.77 bits per heavy atom. The number of fused-ring (bicyclic) bond motifs is 1. The molecule has 4 aromatic rings. The molecule has 0 unspecified atom stereocenters. The average molecular weight is 470 g/mol. The third kappa shape index (κ3) is 5.15. The van der Waals surface area contributed by atoms with Gasteiger partial charge in [-0.15, -0.1) is 0 Å². The molecule has 1 aliphatic rings. The van der Waals surface area contributed by atoms with Crippen LogP contribution >= 0.6 is 0 Å². The first-order valence-corrected chi connectivity index (χ1v) is 12.0. The van der Waals surface area contributed by atoms with Crippen molar-refractivity contribution in [3.8, 4) is 5.75 Å². The number of amides is 1. The summed E-state index contributed by atoms with van der Waals surface area (Å²) in [4.78, 5) is 22.2. The van der Waals surface area contributed by atoms with Crippen LogP contribution in [0.15, 0.2) is 67.0 Å². The van der Waals surface area contributed by atoms with Crippen LogP contribution in [0.25, 0.3) is 5.65 Å². The molecule has 0 bridgehead atoms. The summed E-state index contributed by atoms with van der Waals surface area (Å²) >= 11 is 0. The number of anilines is 2. The van der Waals surface area contributed by atoms with Crippen LogP contribution in [-0.2, 0) is 6.61 Å². The van der Waals surface area contributed by atoms with Crippen molar-refractivity contribution < 1.29 is 9.53 Å². The van der Waals surface area contributed by atoms with Crippen LogP contribution in [-0.4, -0.2) is 53.4 Å². The van der Waals surface area contributed by atoms with Crippen molar-refractivity contribution in [3.05, 3.63) is 89.4 Å². The van der Waals surface area contributed by atoms with Crippen molar-refractivity contribution >= 4 is 22.9 Å². The minimum absolute atomic E-state index is 0.136. The van der Waals surface area contributed by atoms with E-state index >= 15 is 0 Å². The van der Waals surface area contributed by atoms with E-state index in [9.17, 15) is 4.79 Å². The summed E-state index contributed by atoms with van der Waals surface area (Å²) in [6.45, 7) is 8.62. The lowest BCUT2D eigenvalue weighted by Crippen LogP contribution is -2.44. The first kappa shape index (κ1) is 22.9. The van der Waals surface area contributed by atoms with Crippen molar-refractivity contribution in [2.75, 3.05) is 43.4 Å². The predicted molar refractivity (Wildman–Crippen MR) is 140 cm³/mol. The summed E-state index contributed by atoms with van der Waals surface area (Å²) < 4.78 is 7.90. The molecule has 0 radical (unpaired) electrons. The van der Waals surface area contributed by atoms with Crippen molar-refractivity contribution in [3.63, 3.8) is 0 Å². The highest BCUT2D eigenvalue weighted by Gasteiger charge is 2.16. The molecule has 1 aliphatic heterocycles. The Kier molecular flexibility index (Phi) is 6.42. The minimum atomic E-state index is -0.136. The van der Waals surface area contributed by atoms with Crippen LogP contribution < -0.4 is 15.0 Å². The molecule has 2 aromatic carbocycles. The van der Waals surface area contributed by atoms with Gasteiger partial charge in [-0.2, -0.15) is 0 Å². The summed E-state index contributed by atoms with van der Waals surface area (Å²) in [6, 6.07) is 17.5. The number of pyridine rings is 1. The van der Waals surface area contributed by atoms with Gasteiger partial charge in [0, 0.05) is 55.5 Å². The second-order valence-electron chi connectivity index (χ2n) is 9.21. The molecule has 1 saturated heterocycles. The predicted octanol–water partition coefficient (Wildman–Crippen LogP) is 4.53. The first-order valence-electron chi connectivity index (χ1n) is 12.0. The van der Waals surface area contributed by atoms with Crippen molar-refractivity contribution in [1.29, 1.82) is 0 Å². The number of rotatable bonds is 6. The Morgan fingerprint density at radius 3 is 2.49 bits per heavy atom. The van der Waals surface area contributed by atoms with Crippen LogP contribution in [0.5, 0.6) is 5.75 Å². The van der Waals surface area contributed by atoms with Gasteiger partial charge < -0.3 is 24.3 Å². The van der Waals surface area contributed by atoms with Gasteiger partial charge in [0.2, 0.25) is 0 Å². The topological polar surface area (TPSA) is 62.1 Å². The third-order valence-corrected chi connectivity index (χ3v) is 6.56. The maximum Gasteiger partial charge on any atom is 0.255 e. The number of nitrogens with one attached hydrogen (secondary N) is 1. The molecule has 0 spiro atoms. The summed E-state index contributed by atoms with van der Waals surface area (Å²) in [5.41, 5.74) is 6.59. The lowest BCUT2D eigenvalue weighted by Gasteiger charge is -2.34. The maximum absolute atomic E-state index is 12.8. The molecule has 0 atom stereocenters. The normalized spacial score (nSPS) is 14.3. The molecule has 0 saturated carbocycles. The molecular weight excluding hydrogens is 438 g/mol. The Balaban J connectivity index is 1.19. The molecule has 1 N–H and O–H groups in total. The Morgan fingerprint density at radius 1 is 1.00 bits per heavy atom. The summed E-state index contributed by atoms with van der Waals surface area (Å²) in [5.74, 6) is 0.561. The van der Waals surface area contributed by atoms with Gasteiger partial charge in [0.25, 0.3) is 5.91 Å². The molecule has 1 amide bonds. The second kappa shape index (κ2) is 9.80. The molecule has 5 rings (SSSR count). The fourth-order valence-electron chi connectivity index (χ4n) is 4.38. The maximum atomic E-state index is 12.8. The van der Waals surface area contributed by atoms with Crippen LogP contribution in [0.3, 0.4) is 0 Å². The van der Waals surface area contributed by atoms with Gasteiger partial charge in [0.1, 0.15) is 18.0 Å². The fourth-order valence-corrected chi connectivity index (χ4v) is 4.38. The van der Waals surface area contributed by atoms with E-state index in [1.165, 1.54) is 5.69 Å². The van der Waals surface area contributed by atoms with Crippen molar-refractivity contribution in [2.45, 2.75) is 20.5 Å². The molecule has 7 heteroatoms. The van der Waals surface area contributed by atoms with Gasteiger partial charge in [-0.3, -0.25) is 4.79 Å². The van der Waals surface area contributed by atoms with Crippen molar-refractivity contribution in [2.24, 2.45) is 0 Å². The van der Waals surface area contributed by atoms with Crippen LogP contribution in [0, 0.1) is 13.8 Å². The zero-order valence-electron chi connectivity index (χ0n) is 20.5. The number of nitrogens with zero attached hydrogens (tertiary/aromatic N) is 4.